The number of piperidine rings is 1. The first-order valence-electron chi connectivity index (χ1n) is 7.08. The van der Waals surface area contributed by atoms with Crippen molar-refractivity contribution in [3.05, 3.63) is 35.4 Å². The lowest BCUT2D eigenvalue weighted by atomic mass is 9.91. The molecular weight excluding hydrogens is 272 g/mol. The maximum absolute atomic E-state index is 12.5. The van der Waals surface area contributed by atoms with E-state index in [-0.39, 0.29) is 18.3 Å². The second-order valence-electron chi connectivity index (χ2n) is 6.08. The van der Waals surface area contributed by atoms with Crippen LogP contribution in [0, 0.1) is 18.8 Å². The first-order chi connectivity index (χ1) is 8.97. The second-order valence-corrected chi connectivity index (χ2v) is 6.08. The molecule has 1 heterocycles. The molecule has 3 atom stereocenters. The molecule has 1 aliphatic rings. The molecule has 112 valence electrons. The maximum atomic E-state index is 12.5. The summed E-state index contributed by atoms with van der Waals surface area (Å²) in [5, 5.41) is 0. The molecular formula is C16H25ClN2O. The molecule has 0 bridgehead atoms. The summed E-state index contributed by atoms with van der Waals surface area (Å²) >= 11 is 0. The van der Waals surface area contributed by atoms with Crippen molar-refractivity contribution in [3.8, 4) is 0 Å². The van der Waals surface area contributed by atoms with Crippen LogP contribution in [0.3, 0.4) is 0 Å². The normalized spacial score (nSPS) is 23.9. The fraction of sp³-hybridized carbons (Fsp3) is 0.562. The molecule has 0 radical (unpaired) electrons. The van der Waals surface area contributed by atoms with Crippen LogP contribution in [-0.2, 0) is 4.79 Å². The van der Waals surface area contributed by atoms with Crippen LogP contribution in [0.25, 0.3) is 0 Å². The van der Waals surface area contributed by atoms with Crippen molar-refractivity contribution in [2.45, 2.75) is 33.2 Å². The van der Waals surface area contributed by atoms with Crippen molar-refractivity contribution >= 4 is 18.3 Å². The van der Waals surface area contributed by atoms with Crippen molar-refractivity contribution in [1.29, 1.82) is 0 Å². The van der Waals surface area contributed by atoms with Crippen LogP contribution in [-0.4, -0.2) is 23.9 Å². The summed E-state index contributed by atoms with van der Waals surface area (Å²) in [5.74, 6) is 1.19. The Morgan fingerprint density at radius 1 is 1.20 bits per heavy atom. The zero-order valence-electron chi connectivity index (χ0n) is 12.5. The van der Waals surface area contributed by atoms with E-state index in [0.717, 1.165) is 18.7 Å². The molecule has 0 saturated carbocycles. The number of likely N-dealkylation sites (tertiary alicyclic amines) is 1. The summed E-state index contributed by atoms with van der Waals surface area (Å²) in [6, 6.07) is 7.38. The fourth-order valence-corrected chi connectivity index (χ4v) is 2.96. The topological polar surface area (TPSA) is 46.3 Å². The summed E-state index contributed by atoms with van der Waals surface area (Å²) in [7, 11) is 0. The molecule has 0 aliphatic carbocycles. The molecule has 2 N–H and O–H groups in total. The van der Waals surface area contributed by atoms with Crippen LogP contribution >= 0.6 is 12.4 Å². The Hall–Kier alpha value is -1.06. The van der Waals surface area contributed by atoms with Crippen molar-refractivity contribution in [1.82, 2.24) is 4.90 Å². The highest BCUT2D eigenvalue weighted by molar-refractivity contribution is 5.85. The van der Waals surface area contributed by atoms with E-state index < -0.39 is 6.04 Å². The third-order valence-corrected chi connectivity index (χ3v) is 3.88. The molecule has 1 fully saturated rings. The van der Waals surface area contributed by atoms with Gasteiger partial charge in [-0.25, -0.2) is 0 Å². The first kappa shape index (κ1) is 17.0. The number of benzene rings is 1. The molecule has 3 unspecified atom stereocenters. The number of nitrogens with zero attached hydrogens (tertiary/aromatic N) is 1. The molecule has 3 nitrogen and oxygen atoms in total. The Kier molecular flexibility index (Phi) is 6.03. The summed E-state index contributed by atoms with van der Waals surface area (Å²) in [6.07, 6.45) is 1.20. The van der Waals surface area contributed by atoms with E-state index in [2.05, 4.69) is 13.8 Å². The van der Waals surface area contributed by atoms with Gasteiger partial charge in [0.1, 0.15) is 6.04 Å². The first-order valence-corrected chi connectivity index (χ1v) is 7.08. The summed E-state index contributed by atoms with van der Waals surface area (Å²) in [6.45, 7) is 8.11. The fourth-order valence-electron chi connectivity index (χ4n) is 2.96. The van der Waals surface area contributed by atoms with E-state index >= 15 is 0 Å². The zero-order valence-corrected chi connectivity index (χ0v) is 13.3. The maximum Gasteiger partial charge on any atom is 0.244 e. The lowest BCUT2D eigenvalue weighted by Crippen LogP contribution is -2.46. The predicted octanol–water partition coefficient (Wildman–Crippen LogP) is 2.92. The minimum atomic E-state index is -0.530. The van der Waals surface area contributed by atoms with E-state index in [4.69, 9.17) is 5.73 Å². The van der Waals surface area contributed by atoms with Crippen molar-refractivity contribution in [2.75, 3.05) is 13.1 Å². The van der Waals surface area contributed by atoms with Crippen LogP contribution in [0.2, 0.25) is 0 Å². The van der Waals surface area contributed by atoms with E-state index in [1.807, 2.05) is 36.1 Å². The van der Waals surface area contributed by atoms with Gasteiger partial charge in [-0.1, -0.05) is 43.7 Å². The monoisotopic (exact) mass is 296 g/mol. The number of aryl methyl sites for hydroxylation is 1. The Bertz CT molecular complexity index is 436. The minimum Gasteiger partial charge on any atom is -0.341 e. The Morgan fingerprint density at radius 2 is 1.70 bits per heavy atom. The third kappa shape index (κ3) is 3.97. The lowest BCUT2D eigenvalue weighted by molar-refractivity contribution is -0.135. The van der Waals surface area contributed by atoms with Gasteiger partial charge >= 0.3 is 0 Å². The van der Waals surface area contributed by atoms with Crippen LogP contribution in [0.4, 0.5) is 0 Å². The van der Waals surface area contributed by atoms with Gasteiger partial charge in [0.25, 0.3) is 0 Å². The number of halogens is 1. The summed E-state index contributed by atoms with van der Waals surface area (Å²) < 4.78 is 0. The van der Waals surface area contributed by atoms with Gasteiger partial charge in [0.15, 0.2) is 0 Å². The number of nitrogens with two attached hydrogens (primary N) is 1. The number of hydrogen-bond acceptors (Lipinski definition) is 2. The van der Waals surface area contributed by atoms with Gasteiger partial charge in [-0.3, -0.25) is 4.79 Å². The predicted molar refractivity (Wildman–Crippen MR) is 84.9 cm³/mol. The van der Waals surface area contributed by atoms with Gasteiger partial charge in [-0.15, -0.1) is 12.4 Å². The zero-order chi connectivity index (χ0) is 14.0. The van der Waals surface area contributed by atoms with Crippen molar-refractivity contribution in [2.24, 2.45) is 17.6 Å². The molecule has 0 spiro atoms. The summed E-state index contributed by atoms with van der Waals surface area (Å²) in [4.78, 5) is 14.4. The molecule has 1 saturated heterocycles. The average molecular weight is 297 g/mol. The SMILES string of the molecule is Cc1ccc(C(N)C(=O)N2CC(C)CC(C)C2)cc1.Cl. The van der Waals surface area contributed by atoms with Crippen molar-refractivity contribution < 1.29 is 4.79 Å². The molecule has 4 heteroatoms. The van der Waals surface area contributed by atoms with Gasteiger partial charge in [-0.05, 0) is 30.7 Å². The molecule has 1 amide bonds. The molecule has 2 rings (SSSR count). The highest BCUT2D eigenvalue weighted by Gasteiger charge is 2.29. The second kappa shape index (κ2) is 7.09. The quantitative estimate of drug-likeness (QED) is 0.912. The molecule has 20 heavy (non-hydrogen) atoms. The standard InChI is InChI=1S/C16H24N2O.ClH/c1-11-4-6-14(7-5-11)15(17)16(19)18-9-12(2)8-13(3)10-18;/h4-7,12-13,15H,8-10,17H2,1-3H3;1H. The lowest BCUT2D eigenvalue weighted by Gasteiger charge is -2.36. The van der Waals surface area contributed by atoms with Crippen LogP contribution in [0.15, 0.2) is 24.3 Å². The van der Waals surface area contributed by atoms with Gasteiger partial charge in [-0.2, -0.15) is 0 Å². The van der Waals surface area contributed by atoms with E-state index in [9.17, 15) is 4.79 Å². The van der Waals surface area contributed by atoms with E-state index in [1.54, 1.807) is 0 Å². The van der Waals surface area contributed by atoms with Gasteiger partial charge in [0, 0.05) is 13.1 Å². The highest BCUT2D eigenvalue weighted by atomic mass is 35.5. The van der Waals surface area contributed by atoms with E-state index in [1.165, 1.54) is 12.0 Å². The highest BCUT2D eigenvalue weighted by Crippen LogP contribution is 2.23. The number of carbonyl (C=O) groups excluding carboxylic acids is 1. The Morgan fingerprint density at radius 3 is 2.20 bits per heavy atom. The minimum absolute atomic E-state index is 0. The number of amides is 1. The number of carbonyl (C=O) groups is 1. The van der Waals surface area contributed by atoms with Gasteiger partial charge < -0.3 is 10.6 Å². The summed E-state index contributed by atoms with van der Waals surface area (Å²) in [5.41, 5.74) is 8.21. The van der Waals surface area contributed by atoms with Crippen LogP contribution in [0.1, 0.15) is 37.4 Å². The number of hydrogen-bond donors (Lipinski definition) is 1. The average Bonchev–Trinajstić information content (AvgIpc) is 2.37. The molecule has 1 aliphatic heterocycles. The molecule has 0 aromatic heterocycles. The van der Waals surface area contributed by atoms with Crippen LogP contribution in [0.5, 0.6) is 0 Å². The van der Waals surface area contributed by atoms with Gasteiger partial charge in [0.2, 0.25) is 5.91 Å². The van der Waals surface area contributed by atoms with Crippen molar-refractivity contribution in [3.63, 3.8) is 0 Å². The Labute approximate surface area is 127 Å². The Balaban J connectivity index is 0.00000200. The molecule has 1 aromatic carbocycles. The third-order valence-electron chi connectivity index (χ3n) is 3.88. The van der Waals surface area contributed by atoms with E-state index in [0.29, 0.717) is 11.8 Å². The smallest absolute Gasteiger partial charge is 0.244 e. The number of rotatable bonds is 2. The molecule has 1 aromatic rings. The van der Waals surface area contributed by atoms with Crippen LogP contribution < -0.4 is 5.73 Å². The largest absolute Gasteiger partial charge is 0.341 e. The van der Waals surface area contributed by atoms with Gasteiger partial charge in [0.05, 0.1) is 0 Å².